The Morgan fingerprint density at radius 1 is 1.32 bits per heavy atom. The van der Waals surface area contributed by atoms with Crippen molar-refractivity contribution in [2.24, 2.45) is 11.1 Å². The highest BCUT2D eigenvalue weighted by molar-refractivity contribution is 7.09. The van der Waals surface area contributed by atoms with Crippen LogP contribution in [0.15, 0.2) is 35.7 Å². The standard InChI is InChI=1S/C19H25N3OS.ClH/c1-19(9-7-15-5-3-2-4-6-15)10-12-22(14-19)18(23)16-13-24-17(21-16)8-11-20;/h2-6,13H,7-12,14,20H2,1H3;1H. The van der Waals surface area contributed by atoms with Gasteiger partial charge in [0.15, 0.2) is 0 Å². The summed E-state index contributed by atoms with van der Waals surface area (Å²) in [5.74, 6) is 0.0676. The van der Waals surface area contributed by atoms with E-state index in [9.17, 15) is 4.79 Å². The molecule has 1 aliphatic heterocycles. The van der Waals surface area contributed by atoms with E-state index in [0.29, 0.717) is 12.2 Å². The second kappa shape index (κ2) is 8.79. The van der Waals surface area contributed by atoms with E-state index in [0.717, 1.165) is 43.8 Å². The van der Waals surface area contributed by atoms with Gasteiger partial charge in [-0.3, -0.25) is 4.79 Å². The summed E-state index contributed by atoms with van der Waals surface area (Å²) in [5.41, 5.74) is 7.70. The predicted octanol–water partition coefficient (Wildman–Crippen LogP) is 3.55. The molecule has 4 nitrogen and oxygen atoms in total. The van der Waals surface area contributed by atoms with Gasteiger partial charge >= 0.3 is 0 Å². The molecule has 1 aromatic heterocycles. The summed E-state index contributed by atoms with van der Waals surface area (Å²) in [6.45, 7) is 4.52. The van der Waals surface area contributed by atoms with Gasteiger partial charge in [0.25, 0.3) is 5.91 Å². The highest BCUT2D eigenvalue weighted by atomic mass is 35.5. The number of carbonyl (C=O) groups is 1. The Hall–Kier alpha value is -1.43. The Bertz CT molecular complexity index is 691. The summed E-state index contributed by atoms with van der Waals surface area (Å²) in [5, 5.41) is 2.82. The van der Waals surface area contributed by atoms with Crippen molar-refractivity contribution in [2.45, 2.75) is 32.6 Å². The fourth-order valence-corrected chi connectivity index (χ4v) is 4.09. The van der Waals surface area contributed by atoms with Gasteiger partial charge in [0.05, 0.1) is 5.01 Å². The number of aromatic nitrogens is 1. The third-order valence-corrected chi connectivity index (χ3v) is 5.74. The zero-order chi connectivity index (χ0) is 17.0. The van der Waals surface area contributed by atoms with E-state index in [1.165, 1.54) is 16.9 Å². The fraction of sp³-hybridized carbons (Fsp3) is 0.474. The Labute approximate surface area is 159 Å². The number of halogens is 1. The minimum absolute atomic E-state index is 0. The molecule has 1 fully saturated rings. The molecule has 0 spiro atoms. The van der Waals surface area contributed by atoms with Gasteiger partial charge in [0, 0.05) is 24.9 Å². The number of carbonyl (C=O) groups excluding carboxylic acids is 1. The summed E-state index contributed by atoms with van der Waals surface area (Å²) < 4.78 is 0. The second-order valence-electron chi connectivity index (χ2n) is 6.94. The van der Waals surface area contributed by atoms with Crippen molar-refractivity contribution in [2.75, 3.05) is 19.6 Å². The second-order valence-corrected chi connectivity index (χ2v) is 7.88. The maximum absolute atomic E-state index is 12.7. The molecule has 1 atom stereocenters. The third kappa shape index (κ3) is 5.03. The van der Waals surface area contributed by atoms with E-state index in [1.807, 2.05) is 16.3 Å². The van der Waals surface area contributed by atoms with E-state index < -0.39 is 0 Å². The third-order valence-electron chi connectivity index (χ3n) is 4.83. The van der Waals surface area contributed by atoms with Crippen molar-refractivity contribution in [3.05, 3.63) is 52.0 Å². The van der Waals surface area contributed by atoms with Crippen LogP contribution in [-0.4, -0.2) is 35.4 Å². The lowest BCUT2D eigenvalue weighted by molar-refractivity contribution is 0.0768. The van der Waals surface area contributed by atoms with E-state index in [2.05, 4.69) is 36.2 Å². The molecular formula is C19H26ClN3OS. The van der Waals surface area contributed by atoms with Gasteiger partial charge in [-0.1, -0.05) is 37.3 Å². The molecule has 0 aliphatic carbocycles. The number of benzene rings is 1. The summed E-state index contributed by atoms with van der Waals surface area (Å²) in [6, 6.07) is 10.6. The molecule has 1 unspecified atom stereocenters. The maximum atomic E-state index is 12.7. The quantitative estimate of drug-likeness (QED) is 0.834. The zero-order valence-electron chi connectivity index (χ0n) is 14.6. The first kappa shape index (κ1) is 19.9. The topological polar surface area (TPSA) is 59.2 Å². The van der Waals surface area contributed by atoms with Crippen LogP contribution in [0.4, 0.5) is 0 Å². The minimum Gasteiger partial charge on any atom is -0.337 e. The highest BCUT2D eigenvalue weighted by Crippen LogP contribution is 2.35. The van der Waals surface area contributed by atoms with Crippen LogP contribution in [0, 0.1) is 5.41 Å². The van der Waals surface area contributed by atoms with Crippen molar-refractivity contribution >= 4 is 29.7 Å². The van der Waals surface area contributed by atoms with Gasteiger partial charge in [0.1, 0.15) is 5.69 Å². The van der Waals surface area contributed by atoms with Crippen molar-refractivity contribution in [3.63, 3.8) is 0 Å². The molecule has 3 rings (SSSR count). The molecule has 1 aromatic carbocycles. The molecule has 2 aromatic rings. The van der Waals surface area contributed by atoms with Gasteiger partial charge in [-0.25, -0.2) is 4.98 Å². The number of thiazole rings is 1. The van der Waals surface area contributed by atoms with Crippen molar-refractivity contribution in [1.29, 1.82) is 0 Å². The summed E-state index contributed by atoms with van der Waals surface area (Å²) in [7, 11) is 0. The highest BCUT2D eigenvalue weighted by Gasteiger charge is 2.36. The van der Waals surface area contributed by atoms with Crippen LogP contribution < -0.4 is 5.73 Å². The van der Waals surface area contributed by atoms with Crippen molar-refractivity contribution in [3.8, 4) is 0 Å². The van der Waals surface area contributed by atoms with Crippen LogP contribution in [0.25, 0.3) is 0 Å². The Kier molecular flexibility index (Phi) is 6.99. The van der Waals surface area contributed by atoms with Crippen molar-refractivity contribution < 1.29 is 4.79 Å². The maximum Gasteiger partial charge on any atom is 0.273 e. The molecule has 1 saturated heterocycles. The van der Waals surface area contributed by atoms with Crippen molar-refractivity contribution in [1.82, 2.24) is 9.88 Å². The average Bonchev–Trinajstić information content (AvgIpc) is 3.21. The zero-order valence-corrected chi connectivity index (χ0v) is 16.2. The molecule has 25 heavy (non-hydrogen) atoms. The average molecular weight is 380 g/mol. The first-order valence-electron chi connectivity index (χ1n) is 8.57. The molecular weight excluding hydrogens is 354 g/mol. The van der Waals surface area contributed by atoms with E-state index in [4.69, 9.17) is 5.73 Å². The van der Waals surface area contributed by atoms with Crippen LogP contribution in [-0.2, 0) is 12.8 Å². The van der Waals surface area contributed by atoms with E-state index >= 15 is 0 Å². The lowest BCUT2D eigenvalue weighted by Gasteiger charge is -2.24. The normalized spacial score (nSPS) is 19.7. The summed E-state index contributed by atoms with van der Waals surface area (Å²) in [6.07, 6.45) is 3.98. The first-order valence-corrected chi connectivity index (χ1v) is 9.45. The van der Waals surface area contributed by atoms with Crippen LogP contribution in [0.3, 0.4) is 0 Å². The van der Waals surface area contributed by atoms with E-state index in [-0.39, 0.29) is 23.7 Å². The number of rotatable bonds is 6. The van der Waals surface area contributed by atoms with Crippen LogP contribution >= 0.6 is 23.7 Å². The number of nitrogens with zero attached hydrogens (tertiary/aromatic N) is 2. The number of hydrogen-bond acceptors (Lipinski definition) is 4. The van der Waals surface area contributed by atoms with Crippen LogP contribution in [0.2, 0.25) is 0 Å². The minimum atomic E-state index is 0. The Morgan fingerprint density at radius 2 is 2.08 bits per heavy atom. The first-order chi connectivity index (χ1) is 11.6. The monoisotopic (exact) mass is 379 g/mol. The Balaban J connectivity index is 0.00000225. The van der Waals surface area contributed by atoms with Gasteiger partial charge in [-0.15, -0.1) is 23.7 Å². The van der Waals surface area contributed by atoms with E-state index in [1.54, 1.807) is 0 Å². The number of aryl methyl sites for hydroxylation is 1. The van der Waals surface area contributed by atoms with Gasteiger partial charge in [-0.05, 0) is 36.8 Å². The van der Waals surface area contributed by atoms with Gasteiger partial charge in [0.2, 0.25) is 0 Å². The number of hydrogen-bond donors (Lipinski definition) is 1. The molecule has 0 bridgehead atoms. The predicted molar refractivity (Wildman–Crippen MR) is 106 cm³/mol. The number of likely N-dealkylation sites (tertiary alicyclic amines) is 1. The molecule has 136 valence electrons. The molecule has 6 heteroatoms. The Morgan fingerprint density at radius 3 is 2.80 bits per heavy atom. The smallest absolute Gasteiger partial charge is 0.273 e. The largest absolute Gasteiger partial charge is 0.337 e. The number of nitrogens with two attached hydrogens (primary N) is 1. The molecule has 2 heterocycles. The molecule has 1 aliphatic rings. The molecule has 0 radical (unpaired) electrons. The lowest BCUT2D eigenvalue weighted by atomic mass is 9.83. The number of amides is 1. The molecule has 2 N–H and O–H groups in total. The van der Waals surface area contributed by atoms with Gasteiger partial charge in [-0.2, -0.15) is 0 Å². The molecule has 1 amide bonds. The molecule has 0 saturated carbocycles. The van der Waals surface area contributed by atoms with Crippen LogP contribution in [0.5, 0.6) is 0 Å². The lowest BCUT2D eigenvalue weighted by Crippen LogP contribution is -2.31. The van der Waals surface area contributed by atoms with Gasteiger partial charge < -0.3 is 10.6 Å². The van der Waals surface area contributed by atoms with Crippen LogP contribution in [0.1, 0.15) is 40.8 Å². The summed E-state index contributed by atoms with van der Waals surface area (Å²) >= 11 is 1.53. The SMILES string of the molecule is CC1(CCc2ccccc2)CCN(C(=O)c2csc(CCN)n2)C1.Cl. The summed E-state index contributed by atoms with van der Waals surface area (Å²) in [4.78, 5) is 19.1. The fourth-order valence-electron chi connectivity index (χ4n) is 3.30.